The van der Waals surface area contributed by atoms with E-state index < -0.39 is 37.5 Å². The number of ether oxygens (including phenoxy) is 1. The smallest absolute Gasteiger partial charge is 0.363 e. The van der Waals surface area contributed by atoms with Gasteiger partial charge < -0.3 is 26.2 Å². The van der Waals surface area contributed by atoms with Gasteiger partial charge in [0.2, 0.25) is 5.90 Å². The average molecular weight is 1080 g/mol. The molecule has 9 rings (SSSR count). The second kappa shape index (κ2) is 25.8. The van der Waals surface area contributed by atoms with E-state index in [4.69, 9.17) is 20.4 Å². The fourth-order valence-electron chi connectivity index (χ4n) is 5.62. The van der Waals surface area contributed by atoms with E-state index in [-0.39, 0.29) is 44.6 Å². The number of cyclic esters (lactones) is 1. The van der Waals surface area contributed by atoms with Crippen LogP contribution in [-0.4, -0.2) is 71.5 Å². The molecule has 0 atom stereocenters. The Morgan fingerprint density at radius 2 is 1.17 bits per heavy atom. The van der Waals surface area contributed by atoms with Crippen LogP contribution in [0.2, 0.25) is 0 Å². The third-order valence-corrected chi connectivity index (χ3v) is 15.5. The van der Waals surface area contributed by atoms with Gasteiger partial charge in [0.05, 0.1) is 19.5 Å². The van der Waals surface area contributed by atoms with Crippen LogP contribution in [0.5, 0.6) is 0 Å². The fraction of sp³-hybridized carbons (Fsp3) is 0.0625. The number of anilines is 2. The van der Waals surface area contributed by atoms with Crippen LogP contribution in [0.15, 0.2) is 182 Å². The number of carbonyl (C=O) groups is 4. The van der Waals surface area contributed by atoms with E-state index in [1.807, 2.05) is 52.5 Å². The Labute approximate surface area is 428 Å². The van der Waals surface area contributed by atoms with Crippen LogP contribution in [0.3, 0.4) is 0 Å². The minimum absolute atomic E-state index is 0.0683. The number of rotatable bonds is 13. The molecule has 7 heterocycles. The molecule has 2 amide bonds. The molecule has 0 fully saturated rings. The zero-order chi connectivity index (χ0) is 51.5. The minimum Gasteiger partial charge on any atom is -0.481 e. The number of nitrogens with one attached hydrogen (secondary N) is 2. The summed E-state index contributed by atoms with van der Waals surface area (Å²) in [5.74, 6) is -1.81. The van der Waals surface area contributed by atoms with Gasteiger partial charge in [-0.2, -0.15) is 0 Å². The number of sulfone groups is 2. The zero-order valence-corrected chi connectivity index (χ0v) is 42.4. The largest absolute Gasteiger partial charge is 0.481 e. The van der Waals surface area contributed by atoms with E-state index in [0.717, 1.165) is 21.6 Å². The second-order valence-electron chi connectivity index (χ2n) is 14.2. The molecule has 24 heteroatoms. The molecule has 5 N–H and O–H groups in total. The van der Waals surface area contributed by atoms with Crippen molar-refractivity contribution >= 4 is 118 Å². The molecule has 0 bridgehead atoms. The number of thiophene rings is 4. The van der Waals surface area contributed by atoms with E-state index in [0.29, 0.717) is 27.8 Å². The number of nitrogen functional groups attached to an aromatic ring is 1. The number of hydrogen-bond acceptors (Lipinski definition) is 19. The number of amides is 2. The molecule has 0 spiro atoms. The van der Waals surface area contributed by atoms with Crippen LogP contribution in [0.25, 0.3) is 12.2 Å². The lowest BCUT2D eigenvalue weighted by atomic mass is 10.2. The van der Waals surface area contributed by atoms with Gasteiger partial charge >= 0.3 is 5.97 Å². The highest BCUT2D eigenvalue weighted by molar-refractivity contribution is 7.91. The van der Waals surface area contributed by atoms with Gasteiger partial charge in [0.25, 0.3) is 17.8 Å². The van der Waals surface area contributed by atoms with Crippen molar-refractivity contribution < 1.29 is 45.9 Å². The standard InChI is InChI=1S/C23H18N4O4S3.C12H7NO2S2.C11H11N3O2S.C2H4O2/c28-22(19(14-17-4-1-12-32-17)27-23(29)20-5-2-13-33-20)26-16-6-8-18(9-7-16)34(30,31)15-21-24-10-3-11-25-21;14-12-9(7-8-3-1-5-16-8)13-11(15-12)10-4-2-6-17-10;12-9-2-4-10(5-3-9)17(15,16)8-11-13-6-1-7-14-11;1-2(3)4/h1-14H,15H2,(H,26,28)(H,27,29);1-7H;1-7H,8,12H2;1H3,(H,3,4)/b19-14+;9-7+;;. The summed E-state index contributed by atoms with van der Waals surface area (Å²) in [5.41, 5.74) is 6.83. The lowest BCUT2D eigenvalue weighted by molar-refractivity contribution is -0.134. The van der Waals surface area contributed by atoms with Gasteiger partial charge in [-0.05, 0) is 119 Å². The molecule has 368 valence electrons. The third kappa shape index (κ3) is 16.6. The minimum atomic E-state index is -3.65. The SMILES string of the molecule is CC(=O)O.Nc1ccc(S(=O)(=O)Cc2ncccn2)cc1.O=C(Nc1ccc(S(=O)(=O)Cc2ncccn2)cc1)/C(=C\c1cccs1)NC(=O)c1cccs1.O=C1OC(c2cccs2)=N/C1=C/c1cccs1. The van der Waals surface area contributed by atoms with Crippen molar-refractivity contribution in [2.75, 3.05) is 11.1 Å². The van der Waals surface area contributed by atoms with Crippen LogP contribution >= 0.6 is 45.3 Å². The Morgan fingerprint density at radius 1 is 0.667 bits per heavy atom. The van der Waals surface area contributed by atoms with Crippen LogP contribution in [-0.2, 0) is 50.3 Å². The Hall–Kier alpha value is -7.87. The highest BCUT2D eigenvalue weighted by Gasteiger charge is 2.25. The average Bonchev–Trinajstić information content (AvgIpc) is 4.23. The molecular formula is C48H40N8O10S6. The number of nitrogens with zero attached hydrogens (tertiary/aromatic N) is 5. The van der Waals surface area contributed by atoms with E-state index in [1.165, 1.54) is 95.2 Å². The maximum atomic E-state index is 12.9. The Balaban J connectivity index is 0.000000186. The first-order chi connectivity index (χ1) is 34.5. The highest BCUT2D eigenvalue weighted by atomic mass is 32.2. The van der Waals surface area contributed by atoms with E-state index in [2.05, 4.69) is 35.6 Å². The predicted octanol–water partition coefficient (Wildman–Crippen LogP) is 8.26. The number of aromatic nitrogens is 4. The summed E-state index contributed by atoms with van der Waals surface area (Å²) in [6, 6.07) is 29.8. The maximum absolute atomic E-state index is 12.9. The number of aliphatic imine (C=N–C) groups is 1. The number of aliphatic carboxylic acids is 1. The first-order valence-electron chi connectivity index (χ1n) is 20.7. The van der Waals surface area contributed by atoms with E-state index in [9.17, 15) is 31.2 Å². The predicted molar refractivity (Wildman–Crippen MR) is 278 cm³/mol. The molecular weight excluding hydrogens is 1040 g/mol. The lowest BCUT2D eigenvalue weighted by Gasteiger charge is -2.11. The molecule has 0 saturated carbocycles. The summed E-state index contributed by atoms with van der Waals surface area (Å²) >= 11 is 5.75. The number of nitrogens with two attached hydrogens (primary N) is 1. The summed E-state index contributed by atoms with van der Waals surface area (Å²) in [7, 11) is -7.06. The van der Waals surface area contributed by atoms with Crippen molar-refractivity contribution in [3.8, 4) is 0 Å². The molecule has 18 nitrogen and oxygen atoms in total. The van der Waals surface area contributed by atoms with Crippen molar-refractivity contribution in [2.45, 2.75) is 28.2 Å². The van der Waals surface area contributed by atoms with Gasteiger partial charge in [-0.1, -0.05) is 24.3 Å². The Morgan fingerprint density at radius 3 is 1.67 bits per heavy atom. The molecule has 0 radical (unpaired) electrons. The maximum Gasteiger partial charge on any atom is 0.363 e. The topological polar surface area (TPSA) is 280 Å². The van der Waals surface area contributed by atoms with E-state index >= 15 is 0 Å². The molecule has 0 unspecified atom stereocenters. The summed E-state index contributed by atoms with van der Waals surface area (Å²) in [5, 5.41) is 20.3. The number of benzene rings is 2. The summed E-state index contributed by atoms with van der Waals surface area (Å²) < 4.78 is 54.4. The van der Waals surface area contributed by atoms with Crippen molar-refractivity contribution in [3.05, 3.63) is 198 Å². The Bertz CT molecular complexity index is 3370. The quantitative estimate of drug-likeness (QED) is 0.0480. The summed E-state index contributed by atoms with van der Waals surface area (Å²) in [6.07, 6.45) is 9.32. The third-order valence-electron chi connectivity index (χ3n) is 8.83. The molecule has 1 aliphatic heterocycles. The van der Waals surface area contributed by atoms with Crippen molar-refractivity contribution in [2.24, 2.45) is 4.99 Å². The van der Waals surface area contributed by atoms with Gasteiger partial charge in [-0.25, -0.2) is 46.6 Å². The number of carboxylic acid groups (broad SMARTS) is 1. The number of carboxylic acids is 1. The summed E-state index contributed by atoms with van der Waals surface area (Å²) in [4.78, 5) is 69.4. The van der Waals surface area contributed by atoms with Gasteiger partial charge in [-0.15, -0.1) is 45.3 Å². The number of carbonyl (C=O) groups excluding carboxylic acids is 3. The molecule has 1 aliphatic rings. The number of hydrogen-bond donors (Lipinski definition) is 4. The number of esters is 1. The van der Waals surface area contributed by atoms with Crippen molar-refractivity contribution in [3.63, 3.8) is 0 Å². The van der Waals surface area contributed by atoms with Gasteiger partial charge in [0.15, 0.2) is 25.4 Å². The van der Waals surface area contributed by atoms with Crippen molar-refractivity contribution in [1.82, 2.24) is 25.3 Å². The monoisotopic (exact) mass is 1080 g/mol. The molecule has 2 aromatic carbocycles. The zero-order valence-electron chi connectivity index (χ0n) is 37.5. The van der Waals surface area contributed by atoms with Gasteiger partial charge in [0.1, 0.15) is 28.9 Å². The Kier molecular flexibility index (Phi) is 19.2. The van der Waals surface area contributed by atoms with Crippen LogP contribution in [0.1, 0.15) is 42.9 Å². The summed E-state index contributed by atoms with van der Waals surface area (Å²) in [6.45, 7) is 1.08. The molecule has 8 aromatic rings. The molecule has 72 heavy (non-hydrogen) atoms. The lowest BCUT2D eigenvalue weighted by Crippen LogP contribution is -2.30. The van der Waals surface area contributed by atoms with E-state index in [1.54, 1.807) is 65.3 Å². The van der Waals surface area contributed by atoms with Gasteiger partial charge in [0, 0.05) is 52.8 Å². The van der Waals surface area contributed by atoms with Crippen LogP contribution < -0.4 is 16.4 Å². The van der Waals surface area contributed by atoms with Crippen LogP contribution in [0, 0.1) is 0 Å². The second-order valence-corrected chi connectivity index (χ2v) is 22.1. The molecule has 0 aliphatic carbocycles. The van der Waals surface area contributed by atoms with Crippen molar-refractivity contribution in [1.29, 1.82) is 0 Å². The van der Waals surface area contributed by atoms with Gasteiger partial charge in [-0.3, -0.25) is 14.4 Å². The molecule has 0 saturated heterocycles. The fourth-order valence-corrected chi connectivity index (χ4v) is 10.6. The highest BCUT2D eigenvalue weighted by Crippen LogP contribution is 2.24. The van der Waals surface area contributed by atoms with Crippen LogP contribution in [0.4, 0.5) is 11.4 Å². The first kappa shape index (κ1) is 53.5. The first-order valence-corrected chi connectivity index (χ1v) is 27.5. The molecule has 6 aromatic heterocycles. The normalized spacial score (nSPS) is 12.6.